The third-order valence-corrected chi connectivity index (χ3v) is 2.90. The summed E-state index contributed by atoms with van der Waals surface area (Å²) in [6.45, 7) is 0. The molecule has 0 aliphatic heterocycles. The number of H-pyrrole nitrogens is 2. The summed E-state index contributed by atoms with van der Waals surface area (Å²) in [6.07, 6.45) is -0.609. The van der Waals surface area contributed by atoms with Gasteiger partial charge in [0.15, 0.2) is 11.6 Å². The van der Waals surface area contributed by atoms with Crippen LogP contribution in [0.5, 0.6) is 11.8 Å². The molecule has 10 heteroatoms. The monoisotopic (exact) mass is 308 g/mol. The summed E-state index contributed by atoms with van der Waals surface area (Å²) in [5, 5.41) is 40.0. The minimum absolute atomic E-state index is 0.00853. The van der Waals surface area contributed by atoms with Crippen LogP contribution in [-0.4, -0.2) is 42.1 Å². The van der Waals surface area contributed by atoms with E-state index < -0.39 is 11.9 Å². The quantitative estimate of drug-likeness (QED) is 0.436. The second kappa shape index (κ2) is 6.16. The molecule has 0 saturated heterocycles. The maximum atomic E-state index is 10.4. The largest absolute Gasteiger partial charge is 0.550 e. The van der Waals surface area contributed by atoms with E-state index in [9.17, 15) is 30.0 Å². The van der Waals surface area contributed by atoms with Crippen LogP contribution in [0.4, 0.5) is 0 Å². The number of imidazole rings is 2. The van der Waals surface area contributed by atoms with Gasteiger partial charge < -0.3 is 40.0 Å². The molecule has 2 aromatic heterocycles. The molecule has 0 saturated carbocycles. The number of nitrogens with zero attached hydrogens (tertiary/aromatic N) is 2. The van der Waals surface area contributed by atoms with Crippen molar-refractivity contribution >= 4 is 11.9 Å². The molecule has 118 valence electrons. The molecule has 0 spiro atoms. The van der Waals surface area contributed by atoms with Gasteiger partial charge in [-0.3, -0.25) is 0 Å². The zero-order valence-electron chi connectivity index (χ0n) is 11.3. The lowest BCUT2D eigenvalue weighted by molar-refractivity contribution is -0.307. The van der Waals surface area contributed by atoms with Crippen molar-refractivity contribution in [3.8, 4) is 23.4 Å². The lowest BCUT2D eigenvalue weighted by Crippen LogP contribution is -2.22. The van der Waals surface area contributed by atoms with Crippen LogP contribution < -0.4 is 10.2 Å². The van der Waals surface area contributed by atoms with Crippen LogP contribution in [0.3, 0.4) is 0 Å². The number of aromatic hydroxyl groups is 2. The number of carbonyl (C=O) groups is 2. The molecule has 10 nitrogen and oxygen atoms in total. The van der Waals surface area contributed by atoms with Gasteiger partial charge in [-0.05, 0) is 25.7 Å². The molecular formula is C12H12N4O6-2. The van der Waals surface area contributed by atoms with Crippen LogP contribution in [0.25, 0.3) is 11.6 Å². The summed E-state index contributed by atoms with van der Waals surface area (Å²) in [4.78, 5) is 33.7. The summed E-state index contributed by atoms with van der Waals surface area (Å²) in [7, 11) is 0. The summed E-state index contributed by atoms with van der Waals surface area (Å²) >= 11 is 0. The number of aromatic amines is 2. The van der Waals surface area contributed by atoms with Gasteiger partial charge in [0, 0.05) is 11.9 Å². The van der Waals surface area contributed by atoms with Crippen molar-refractivity contribution in [3.63, 3.8) is 0 Å². The topological polar surface area (TPSA) is 178 Å². The van der Waals surface area contributed by atoms with Crippen LogP contribution in [0.1, 0.15) is 24.2 Å². The first kappa shape index (κ1) is 15.4. The Morgan fingerprint density at radius 2 is 1.23 bits per heavy atom. The maximum absolute atomic E-state index is 10.4. The van der Waals surface area contributed by atoms with E-state index >= 15 is 0 Å². The van der Waals surface area contributed by atoms with Crippen molar-refractivity contribution in [1.29, 1.82) is 0 Å². The fourth-order valence-electron chi connectivity index (χ4n) is 1.83. The molecule has 2 aromatic rings. The van der Waals surface area contributed by atoms with Crippen molar-refractivity contribution in [2.75, 3.05) is 0 Å². The van der Waals surface area contributed by atoms with Crippen LogP contribution >= 0.6 is 0 Å². The van der Waals surface area contributed by atoms with Crippen LogP contribution in [0.2, 0.25) is 0 Å². The predicted molar refractivity (Wildman–Crippen MR) is 66.2 cm³/mol. The van der Waals surface area contributed by atoms with E-state index in [-0.39, 0.29) is 60.5 Å². The number of carboxylic acids is 2. The number of hydrogen-bond donors (Lipinski definition) is 4. The van der Waals surface area contributed by atoms with Crippen molar-refractivity contribution in [1.82, 2.24) is 19.9 Å². The molecule has 22 heavy (non-hydrogen) atoms. The number of hydrogen-bond acceptors (Lipinski definition) is 8. The maximum Gasteiger partial charge on any atom is 0.233 e. The van der Waals surface area contributed by atoms with Gasteiger partial charge in [0.1, 0.15) is 0 Å². The fourth-order valence-corrected chi connectivity index (χ4v) is 1.83. The molecule has 2 rings (SSSR count). The molecule has 4 N–H and O–H groups in total. The minimum atomic E-state index is -1.27. The standard InChI is InChI=1S/C12H14N4O6/c17-7(18)3-1-5-11(21)15-9(13-5)10-14-6(12(22)16-10)2-4-8(19)20/h21-22H,1-4H2,(H,13,15)(H,14,16)(H,17,18)(H,19,20)/p-2. The first-order valence-corrected chi connectivity index (χ1v) is 6.32. The van der Waals surface area contributed by atoms with Gasteiger partial charge in [0.2, 0.25) is 11.8 Å². The van der Waals surface area contributed by atoms with E-state index in [0.717, 1.165) is 0 Å². The highest BCUT2D eigenvalue weighted by molar-refractivity contribution is 5.65. The predicted octanol–water partition coefficient (Wildman–Crippen LogP) is -2.42. The van der Waals surface area contributed by atoms with Gasteiger partial charge >= 0.3 is 0 Å². The fraction of sp³-hybridized carbons (Fsp3) is 0.333. The molecule has 0 aromatic carbocycles. The normalized spacial score (nSPS) is 10.7. The molecule has 0 unspecified atom stereocenters. The highest BCUT2D eigenvalue weighted by Gasteiger charge is 2.16. The molecule has 0 aliphatic rings. The van der Waals surface area contributed by atoms with Crippen molar-refractivity contribution < 1.29 is 30.0 Å². The third-order valence-electron chi connectivity index (χ3n) is 2.90. The Balaban J connectivity index is 2.18. The smallest absolute Gasteiger partial charge is 0.233 e. The zero-order valence-corrected chi connectivity index (χ0v) is 11.3. The molecule has 0 atom stereocenters. The number of aromatic nitrogens is 4. The average molecular weight is 308 g/mol. The lowest BCUT2D eigenvalue weighted by Gasteiger charge is -1.99. The number of aliphatic carboxylic acids is 2. The SMILES string of the molecule is O=C([O-])CCc1[nH]c(-c2nc(O)c(CCC(=O)[O-])[nH]2)nc1O. The average Bonchev–Trinajstić information content (AvgIpc) is 2.97. The molecule has 0 amide bonds. The Bertz CT molecular complexity index is 644. The van der Waals surface area contributed by atoms with Gasteiger partial charge in [-0.1, -0.05) is 0 Å². The first-order valence-electron chi connectivity index (χ1n) is 6.32. The Morgan fingerprint density at radius 1 is 0.864 bits per heavy atom. The second-order valence-corrected chi connectivity index (χ2v) is 4.52. The van der Waals surface area contributed by atoms with Crippen LogP contribution in [0.15, 0.2) is 0 Å². The van der Waals surface area contributed by atoms with Crippen molar-refractivity contribution in [2.45, 2.75) is 25.7 Å². The summed E-state index contributed by atoms with van der Waals surface area (Å²) in [6, 6.07) is 0. The molecule has 0 fully saturated rings. The molecule has 0 radical (unpaired) electrons. The van der Waals surface area contributed by atoms with Gasteiger partial charge in [0.05, 0.1) is 11.4 Å². The van der Waals surface area contributed by atoms with Gasteiger partial charge in [0.25, 0.3) is 0 Å². The molecule has 0 aliphatic carbocycles. The van der Waals surface area contributed by atoms with E-state index in [1.807, 2.05) is 0 Å². The highest BCUT2D eigenvalue weighted by Crippen LogP contribution is 2.24. The number of aryl methyl sites for hydroxylation is 2. The summed E-state index contributed by atoms with van der Waals surface area (Å²) in [5.74, 6) is -3.14. The van der Waals surface area contributed by atoms with E-state index in [0.29, 0.717) is 0 Å². The van der Waals surface area contributed by atoms with E-state index in [1.54, 1.807) is 0 Å². The third kappa shape index (κ3) is 3.53. The molecule has 2 heterocycles. The number of rotatable bonds is 7. The molecular weight excluding hydrogens is 296 g/mol. The van der Waals surface area contributed by atoms with Gasteiger partial charge in [-0.25, -0.2) is 0 Å². The number of nitrogens with one attached hydrogen (secondary N) is 2. The Morgan fingerprint density at radius 3 is 1.55 bits per heavy atom. The molecule has 0 bridgehead atoms. The highest BCUT2D eigenvalue weighted by atomic mass is 16.4. The second-order valence-electron chi connectivity index (χ2n) is 4.52. The van der Waals surface area contributed by atoms with E-state index in [1.165, 1.54) is 0 Å². The Kier molecular flexibility index (Phi) is 4.30. The number of carbonyl (C=O) groups excluding carboxylic acids is 2. The minimum Gasteiger partial charge on any atom is -0.550 e. The summed E-state index contributed by atoms with van der Waals surface area (Å²) < 4.78 is 0. The van der Waals surface area contributed by atoms with Gasteiger partial charge in [-0.2, -0.15) is 9.97 Å². The van der Waals surface area contributed by atoms with Crippen LogP contribution in [-0.2, 0) is 22.4 Å². The van der Waals surface area contributed by atoms with Gasteiger partial charge in [-0.15, -0.1) is 0 Å². The zero-order chi connectivity index (χ0) is 16.3. The first-order chi connectivity index (χ1) is 10.4. The number of carboxylic acid groups (broad SMARTS) is 2. The van der Waals surface area contributed by atoms with Crippen molar-refractivity contribution in [2.24, 2.45) is 0 Å². The Labute approximate surface area is 123 Å². The van der Waals surface area contributed by atoms with Crippen LogP contribution in [0, 0.1) is 0 Å². The van der Waals surface area contributed by atoms with E-state index in [2.05, 4.69) is 19.9 Å². The van der Waals surface area contributed by atoms with E-state index in [4.69, 9.17) is 0 Å². The van der Waals surface area contributed by atoms with Crippen molar-refractivity contribution in [3.05, 3.63) is 11.4 Å². The summed E-state index contributed by atoms with van der Waals surface area (Å²) in [5.41, 5.74) is 0.373. The lowest BCUT2D eigenvalue weighted by atomic mass is 10.2. The Hall–Kier alpha value is -3.04.